The first-order valence-corrected chi connectivity index (χ1v) is 6.78. The largest absolute Gasteiger partial charge is 0.381 e. The number of hydrogen-bond donors (Lipinski definition) is 2. The van der Waals surface area contributed by atoms with E-state index < -0.39 is 15.6 Å². The van der Waals surface area contributed by atoms with E-state index in [-0.39, 0.29) is 30.6 Å². The van der Waals surface area contributed by atoms with E-state index in [0.29, 0.717) is 13.2 Å². The third kappa shape index (κ3) is 6.65. The predicted octanol–water partition coefficient (Wildman–Crippen LogP) is 0.101. The summed E-state index contributed by atoms with van der Waals surface area (Å²) >= 11 is 0. The Balaban J connectivity index is 0.00000225. The highest BCUT2D eigenvalue weighted by Gasteiger charge is 2.24. The molecule has 3 N–H and O–H groups in total. The lowest BCUT2D eigenvalue weighted by molar-refractivity contribution is 0.188. The molecule has 0 amide bonds. The Morgan fingerprint density at radius 2 is 2.12 bits per heavy atom. The maximum atomic E-state index is 11.6. The molecule has 1 aliphatic heterocycles. The molecule has 1 unspecified atom stereocenters. The quantitative estimate of drug-likeness (QED) is 0.744. The van der Waals surface area contributed by atoms with E-state index in [1.54, 1.807) is 13.8 Å². The topological polar surface area (TPSA) is 81.4 Å². The Bertz CT molecular complexity index is 294. The average molecular weight is 273 g/mol. The molecule has 1 saturated heterocycles. The van der Waals surface area contributed by atoms with Crippen molar-refractivity contribution in [1.29, 1.82) is 0 Å². The SMILES string of the molecule is CC(C)(N)CNS(=O)(=O)CC1CCOC1.Cl. The molecule has 0 aromatic carbocycles. The standard InChI is InChI=1S/C9H20N2O3S.ClH/c1-9(2,10)7-11-15(12,13)6-8-3-4-14-5-8;/h8,11H,3-7,10H2,1-2H3;1H. The van der Waals surface area contributed by atoms with Crippen LogP contribution in [0.25, 0.3) is 0 Å². The number of nitrogens with one attached hydrogen (secondary N) is 1. The van der Waals surface area contributed by atoms with E-state index >= 15 is 0 Å². The van der Waals surface area contributed by atoms with Gasteiger partial charge in [-0.25, -0.2) is 13.1 Å². The summed E-state index contributed by atoms with van der Waals surface area (Å²) in [6, 6.07) is 0. The van der Waals surface area contributed by atoms with E-state index in [4.69, 9.17) is 10.5 Å². The maximum Gasteiger partial charge on any atom is 0.212 e. The van der Waals surface area contributed by atoms with E-state index in [1.807, 2.05) is 0 Å². The molecule has 1 aliphatic rings. The zero-order valence-corrected chi connectivity index (χ0v) is 11.4. The minimum Gasteiger partial charge on any atom is -0.381 e. The molecular formula is C9H21ClN2O3S. The summed E-state index contributed by atoms with van der Waals surface area (Å²) in [4.78, 5) is 0. The highest BCUT2D eigenvalue weighted by molar-refractivity contribution is 7.89. The van der Waals surface area contributed by atoms with Crippen molar-refractivity contribution >= 4 is 22.4 Å². The van der Waals surface area contributed by atoms with E-state index in [2.05, 4.69) is 4.72 Å². The second kappa shape index (κ2) is 6.16. The molecule has 0 aromatic heterocycles. The first-order chi connectivity index (χ1) is 6.79. The van der Waals surface area contributed by atoms with Gasteiger partial charge in [-0.1, -0.05) is 0 Å². The summed E-state index contributed by atoms with van der Waals surface area (Å²) in [5, 5.41) is 0. The fraction of sp³-hybridized carbons (Fsp3) is 1.00. The summed E-state index contributed by atoms with van der Waals surface area (Å²) in [6.45, 7) is 5.06. The van der Waals surface area contributed by atoms with Gasteiger partial charge in [0.15, 0.2) is 0 Å². The van der Waals surface area contributed by atoms with Gasteiger partial charge in [0.1, 0.15) is 0 Å². The fourth-order valence-corrected chi connectivity index (χ4v) is 2.97. The van der Waals surface area contributed by atoms with Gasteiger partial charge in [-0.3, -0.25) is 0 Å². The van der Waals surface area contributed by atoms with Crippen LogP contribution in [-0.4, -0.2) is 39.5 Å². The monoisotopic (exact) mass is 272 g/mol. The lowest BCUT2D eigenvalue weighted by Crippen LogP contribution is -2.46. The molecule has 98 valence electrons. The molecule has 0 spiro atoms. The molecule has 1 fully saturated rings. The van der Waals surface area contributed by atoms with Gasteiger partial charge in [0, 0.05) is 18.7 Å². The molecule has 0 radical (unpaired) electrons. The van der Waals surface area contributed by atoms with Gasteiger partial charge < -0.3 is 10.5 Å². The van der Waals surface area contributed by atoms with Gasteiger partial charge in [0.25, 0.3) is 0 Å². The van der Waals surface area contributed by atoms with Crippen molar-refractivity contribution < 1.29 is 13.2 Å². The van der Waals surface area contributed by atoms with Crippen LogP contribution in [0.4, 0.5) is 0 Å². The van der Waals surface area contributed by atoms with Crippen LogP contribution in [0.3, 0.4) is 0 Å². The van der Waals surface area contributed by atoms with Crippen LogP contribution in [0.15, 0.2) is 0 Å². The van der Waals surface area contributed by atoms with Crippen LogP contribution < -0.4 is 10.5 Å². The molecule has 5 nitrogen and oxygen atoms in total. The van der Waals surface area contributed by atoms with Gasteiger partial charge >= 0.3 is 0 Å². The minimum atomic E-state index is -3.21. The van der Waals surface area contributed by atoms with E-state index in [0.717, 1.165) is 6.42 Å². The molecule has 0 aromatic rings. The molecule has 16 heavy (non-hydrogen) atoms. The van der Waals surface area contributed by atoms with Gasteiger partial charge in [0.05, 0.1) is 12.4 Å². The van der Waals surface area contributed by atoms with Crippen molar-refractivity contribution in [3.63, 3.8) is 0 Å². The zero-order chi connectivity index (χ0) is 11.5. The van der Waals surface area contributed by atoms with Crippen molar-refractivity contribution in [1.82, 2.24) is 4.72 Å². The molecule has 0 saturated carbocycles. The summed E-state index contributed by atoms with van der Waals surface area (Å²) in [6.07, 6.45) is 0.826. The Morgan fingerprint density at radius 1 is 1.50 bits per heavy atom. The van der Waals surface area contributed by atoms with Gasteiger partial charge in [0.2, 0.25) is 10.0 Å². The van der Waals surface area contributed by atoms with Crippen LogP contribution in [0.2, 0.25) is 0 Å². The number of rotatable bonds is 5. The van der Waals surface area contributed by atoms with Crippen LogP contribution in [-0.2, 0) is 14.8 Å². The smallest absolute Gasteiger partial charge is 0.212 e. The molecule has 0 bridgehead atoms. The lowest BCUT2D eigenvalue weighted by Gasteiger charge is -2.19. The number of hydrogen-bond acceptors (Lipinski definition) is 4. The van der Waals surface area contributed by atoms with Crippen LogP contribution in [0.1, 0.15) is 20.3 Å². The molecule has 1 atom stereocenters. The van der Waals surface area contributed by atoms with Crippen molar-refractivity contribution in [2.75, 3.05) is 25.5 Å². The fourth-order valence-electron chi connectivity index (χ4n) is 1.38. The Hall–Kier alpha value is 0.120. The summed E-state index contributed by atoms with van der Waals surface area (Å²) in [5.41, 5.74) is 5.18. The Labute approximate surface area is 104 Å². The molecule has 7 heteroatoms. The third-order valence-electron chi connectivity index (χ3n) is 2.23. The number of nitrogens with two attached hydrogens (primary N) is 1. The van der Waals surface area contributed by atoms with E-state index in [9.17, 15) is 8.42 Å². The zero-order valence-electron chi connectivity index (χ0n) is 9.73. The summed E-state index contributed by atoms with van der Waals surface area (Å²) in [7, 11) is -3.21. The maximum absolute atomic E-state index is 11.6. The lowest BCUT2D eigenvalue weighted by atomic mass is 10.1. The Kier molecular flexibility index (Phi) is 6.21. The molecular weight excluding hydrogens is 252 g/mol. The van der Waals surface area contributed by atoms with Crippen molar-refractivity contribution in [2.45, 2.75) is 25.8 Å². The molecule has 1 rings (SSSR count). The third-order valence-corrected chi connectivity index (χ3v) is 3.72. The van der Waals surface area contributed by atoms with Crippen molar-refractivity contribution in [2.24, 2.45) is 11.7 Å². The van der Waals surface area contributed by atoms with Crippen molar-refractivity contribution in [3.8, 4) is 0 Å². The molecule has 1 heterocycles. The second-order valence-corrected chi connectivity index (χ2v) is 6.67. The normalized spacial score (nSPS) is 21.8. The number of sulfonamides is 1. The average Bonchev–Trinajstić information content (AvgIpc) is 2.52. The molecule has 0 aliphatic carbocycles. The summed E-state index contributed by atoms with van der Waals surface area (Å²) < 4.78 is 30.9. The highest BCUT2D eigenvalue weighted by Crippen LogP contribution is 2.14. The predicted molar refractivity (Wildman–Crippen MR) is 66.2 cm³/mol. The van der Waals surface area contributed by atoms with Crippen LogP contribution >= 0.6 is 12.4 Å². The number of halogens is 1. The second-order valence-electron chi connectivity index (χ2n) is 4.82. The van der Waals surface area contributed by atoms with Crippen LogP contribution in [0, 0.1) is 5.92 Å². The van der Waals surface area contributed by atoms with Crippen LogP contribution in [0.5, 0.6) is 0 Å². The Morgan fingerprint density at radius 3 is 2.56 bits per heavy atom. The van der Waals surface area contributed by atoms with Crippen molar-refractivity contribution in [3.05, 3.63) is 0 Å². The first kappa shape index (κ1) is 16.1. The summed E-state index contributed by atoms with van der Waals surface area (Å²) in [5.74, 6) is 0.270. The first-order valence-electron chi connectivity index (χ1n) is 5.12. The van der Waals surface area contributed by atoms with E-state index in [1.165, 1.54) is 0 Å². The van der Waals surface area contributed by atoms with Gasteiger partial charge in [-0.05, 0) is 26.2 Å². The van der Waals surface area contributed by atoms with Gasteiger partial charge in [-0.15, -0.1) is 12.4 Å². The minimum absolute atomic E-state index is 0. The highest BCUT2D eigenvalue weighted by atomic mass is 35.5. The van der Waals surface area contributed by atoms with Gasteiger partial charge in [-0.2, -0.15) is 0 Å². The number of ether oxygens (including phenoxy) is 1.